The number of halogens is 5. The number of fused-ring (bicyclic) bond motifs is 4. The van der Waals surface area contributed by atoms with Crippen molar-refractivity contribution in [3.8, 4) is 5.75 Å². The molecule has 1 amide bonds. The number of amides is 1. The third-order valence-corrected chi connectivity index (χ3v) is 5.32. The normalized spacial score (nSPS) is 22.4. The summed E-state index contributed by atoms with van der Waals surface area (Å²) in [6.07, 6.45) is 1.02. The third-order valence-electron chi connectivity index (χ3n) is 4.35. The maximum Gasteiger partial charge on any atom is 0.534 e. The van der Waals surface area contributed by atoms with Crippen LogP contribution in [0.25, 0.3) is 0 Å². The van der Waals surface area contributed by atoms with Crippen LogP contribution in [-0.4, -0.2) is 44.4 Å². The number of nitrogens with zero attached hydrogens (tertiary/aromatic N) is 1. The molecule has 0 saturated heterocycles. The second-order valence-electron chi connectivity index (χ2n) is 5.92. The number of hydrogen-bond donors (Lipinski definition) is 0. The number of benzene rings is 1. The van der Waals surface area contributed by atoms with Crippen molar-refractivity contribution in [3.05, 3.63) is 41.2 Å². The van der Waals surface area contributed by atoms with Crippen molar-refractivity contribution in [3.63, 3.8) is 0 Å². The van der Waals surface area contributed by atoms with Gasteiger partial charge in [0.25, 0.3) is 5.91 Å². The molecule has 0 N–H and O–H groups in total. The molecule has 0 spiro atoms. The molecular formula is C15H12F5NO5S. The van der Waals surface area contributed by atoms with Gasteiger partial charge in [0.05, 0.1) is 6.04 Å². The van der Waals surface area contributed by atoms with Gasteiger partial charge in [0.1, 0.15) is 11.5 Å². The Balaban J connectivity index is 2.12. The lowest BCUT2D eigenvalue weighted by atomic mass is 9.92. The molecule has 27 heavy (non-hydrogen) atoms. The van der Waals surface area contributed by atoms with Gasteiger partial charge in [-0.25, -0.2) is 0 Å². The molecule has 0 fully saturated rings. The highest BCUT2D eigenvalue weighted by atomic mass is 32.2. The summed E-state index contributed by atoms with van der Waals surface area (Å²) in [7, 11) is -4.60. The van der Waals surface area contributed by atoms with E-state index in [1.54, 1.807) is 0 Å². The molecule has 2 bridgehead atoms. The van der Waals surface area contributed by atoms with Gasteiger partial charge >= 0.3 is 22.2 Å². The monoisotopic (exact) mass is 413 g/mol. The zero-order valence-corrected chi connectivity index (χ0v) is 14.4. The summed E-state index contributed by atoms with van der Waals surface area (Å²) < 4.78 is 94.9. The second kappa shape index (κ2) is 6.36. The van der Waals surface area contributed by atoms with Crippen LogP contribution in [-0.2, 0) is 14.3 Å². The highest BCUT2D eigenvalue weighted by Gasteiger charge is 2.51. The van der Waals surface area contributed by atoms with E-state index in [0.29, 0.717) is 0 Å². The minimum absolute atomic E-state index is 0.0401. The minimum Gasteiger partial charge on any atom is -0.434 e. The fourth-order valence-corrected chi connectivity index (χ4v) is 3.67. The van der Waals surface area contributed by atoms with Crippen LogP contribution < -0.4 is 4.74 Å². The number of rotatable bonds is 4. The first-order valence-electron chi connectivity index (χ1n) is 7.49. The van der Waals surface area contributed by atoms with Crippen molar-refractivity contribution < 1.29 is 44.1 Å². The van der Waals surface area contributed by atoms with Crippen LogP contribution in [0.3, 0.4) is 0 Å². The van der Waals surface area contributed by atoms with E-state index in [9.17, 15) is 35.2 Å². The fraction of sp³-hybridized carbons (Fsp3) is 0.400. The number of hydrogen-bond acceptors (Lipinski definition) is 5. The second-order valence-corrected chi connectivity index (χ2v) is 7.46. The summed E-state index contributed by atoms with van der Waals surface area (Å²) in [5.41, 5.74) is -5.88. The average Bonchev–Trinajstić information content (AvgIpc) is 2.90. The Morgan fingerprint density at radius 2 is 1.93 bits per heavy atom. The van der Waals surface area contributed by atoms with Gasteiger partial charge in [0.15, 0.2) is 0 Å². The summed E-state index contributed by atoms with van der Waals surface area (Å²) in [6, 6.07) is 2.92. The fourth-order valence-electron chi connectivity index (χ4n) is 3.15. The van der Waals surface area contributed by atoms with Gasteiger partial charge in [-0.3, -0.25) is 4.79 Å². The first-order chi connectivity index (χ1) is 12.4. The SMILES string of the molecule is CN1C(=O)c2cccc(OC(F)F)c2[C@H]2C[C@@H]1C=C2OS(=O)(=O)C(F)(F)F. The number of likely N-dealkylation sites (N-methyl/N-ethyl adjacent to an activating group) is 1. The first-order valence-corrected chi connectivity index (χ1v) is 8.90. The van der Waals surface area contributed by atoms with Gasteiger partial charge in [-0.05, 0) is 24.6 Å². The van der Waals surface area contributed by atoms with Gasteiger partial charge in [0, 0.05) is 24.1 Å². The maximum absolute atomic E-state index is 12.7. The van der Waals surface area contributed by atoms with Gasteiger partial charge in [-0.1, -0.05) is 6.07 Å². The Morgan fingerprint density at radius 3 is 2.52 bits per heavy atom. The van der Waals surface area contributed by atoms with Crippen molar-refractivity contribution in [1.82, 2.24) is 4.90 Å². The molecule has 1 aliphatic carbocycles. The van der Waals surface area contributed by atoms with Crippen molar-refractivity contribution in [2.75, 3.05) is 7.05 Å². The van der Waals surface area contributed by atoms with Gasteiger partial charge in [0.2, 0.25) is 0 Å². The Morgan fingerprint density at radius 1 is 1.26 bits per heavy atom. The molecule has 3 rings (SSSR count). The predicted octanol–water partition coefficient (Wildman–Crippen LogP) is 2.98. The van der Waals surface area contributed by atoms with Crippen molar-refractivity contribution in [2.45, 2.75) is 30.5 Å². The molecule has 1 aromatic rings. The van der Waals surface area contributed by atoms with Crippen LogP contribution in [0.5, 0.6) is 5.75 Å². The topological polar surface area (TPSA) is 72.9 Å². The quantitative estimate of drug-likeness (QED) is 0.431. The van der Waals surface area contributed by atoms with E-state index < -0.39 is 51.6 Å². The van der Waals surface area contributed by atoms with Crippen molar-refractivity contribution in [2.24, 2.45) is 0 Å². The van der Waals surface area contributed by atoms with Crippen molar-refractivity contribution >= 4 is 16.0 Å². The van der Waals surface area contributed by atoms with E-state index in [-0.39, 0.29) is 17.5 Å². The molecule has 1 aromatic carbocycles. The molecule has 0 radical (unpaired) electrons. The molecule has 2 atom stereocenters. The highest BCUT2D eigenvalue weighted by molar-refractivity contribution is 7.87. The zero-order chi connectivity index (χ0) is 20.1. The van der Waals surface area contributed by atoms with Crippen LogP contribution in [0.2, 0.25) is 0 Å². The Bertz CT molecular complexity index is 912. The summed E-state index contributed by atoms with van der Waals surface area (Å²) in [5.74, 6) is -2.77. The molecule has 0 saturated carbocycles. The number of allylic oxidation sites excluding steroid dienone is 1. The number of ether oxygens (including phenoxy) is 1. The molecular weight excluding hydrogens is 401 g/mol. The first kappa shape index (κ1) is 19.4. The largest absolute Gasteiger partial charge is 0.534 e. The summed E-state index contributed by atoms with van der Waals surface area (Å²) in [4.78, 5) is 13.7. The zero-order valence-electron chi connectivity index (χ0n) is 13.5. The third kappa shape index (κ3) is 3.33. The van der Waals surface area contributed by atoms with E-state index in [4.69, 9.17) is 0 Å². The predicted molar refractivity (Wildman–Crippen MR) is 80.5 cm³/mol. The van der Waals surface area contributed by atoms with E-state index in [1.165, 1.54) is 24.1 Å². The highest BCUT2D eigenvalue weighted by Crippen LogP contribution is 2.47. The van der Waals surface area contributed by atoms with Gasteiger partial charge in [-0.15, -0.1) is 0 Å². The molecule has 0 unspecified atom stereocenters. The molecule has 12 heteroatoms. The lowest BCUT2D eigenvalue weighted by Gasteiger charge is -2.23. The number of carbonyl (C=O) groups is 1. The van der Waals surface area contributed by atoms with Crippen LogP contribution in [0.15, 0.2) is 30.0 Å². The average molecular weight is 413 g/mol. The molecule has 1 aliphatic heterocycles. The Hall–Kier alpha value is -2.37. The molecule has 0 aromatic heterocycles. The van der Waals surface area contributed by atoms with Gasteiger partial charge < -0.3 is 13.8 Å². The van der Waals surface area contributed by atoms with E-state index >= 15 is 0 Å². The maximum atomic E-state index is 12.7. The standard InChI is InChI=1S/C15H12F5NO5S/c1-21-7-5-9(11(6-7)26-27(23,24)15(18,19)20)12-8(13(21)22)3-2-4-10(12)25-14(16)17/h2-4,6-7,9,14H,5H2,1H3/t7-,9+/m1/s1. The molecule has 1 heterocycles. The summed E-state index contributed by atoms with van der Waals surface area (Å²) in [5, 5.41) is 0. The van der Waals surface area contributed by atoms with Crippen LogP contribution in [0.1, 0.15) is 28.3 Å². The number of alkyl halides is 5. The van der Waals surface area contributed by atoms with Gasteiger partial charge in [-0.2, -0.15) is 30.4 Å². The summed E-state index contributed by atoms with van der Waals surface area (Å²) in [6.45, 7) is -3.25. The smallest absolute Gasteiger partial charge is 0.434 e. The van der Waals surface area contributed by atoms with E-state index in [1.807, 2.05) is 0 Å². The van der Waals surface area contributed by atoms with E-state index in [2.05, 4.69) is 8.92 Å². The summed E-state index contributed by atoms with van der Waals surface area (Å²) >= 11 is 0. The van der Waals surface area contributed by atoms with Crippen LogP contribution in [0, 0.1) is 0 Å². The Kier molecular flexibility index (Phi) is 4.57. The van der Waals surface area contributed by atoms with Crippen LogP contribution >= 0.6 is 0 Å². The Labute approximate surface area is 150 Å². The number of carbonyl (C=O) groups excluding carboxylic acids is 1. The lowest BCUT2D eigenvalue weighted by molar-refractivity contribution is -0.0525. The minimum atomic E-state index is -5.96. The van der Waals surface area contributed by atoms with Crippen molar-refractivity contribution in [1.29, 1.82) is 0 Å². The molecule has 2 aliphatic rings. The van der Waals surface area contributed by atoms with Crippen LogP contribution in [0.4, 0.5) is 22.0 Å². The molecule has 148 valence electrons. The van der Waals surface area contributed by atoms with E-state index in [0.717, 1.165) is 12.1 Å². The molecule has 6 nitrogen and oxygen atoms in total. The lowest BCUT2D eigenvalue weighted by Crippen LogP contribution is -2.34.